The minimum Gasteiger partial charge on any atom is -0.493 e. The van der Waals surface area contributed by atoms with Crippen LogP contribution in [0.2, 0.25) is 0 Å². The molecule has 9 heteroatoms. The molecular formula is C22H29N3O5S. The Morgan fingerprint density at radius 3 is 2.35 bits per heavy atom. The fourth-order valence-corrected chi connectivity index (χ4v) is 3.95. The van der Waals surface area contributed by atoms with E-state index in [1.807, 2.05) is 32.9 Å². The standard InChI is InChI=1S/C22H29N3O5S/c1-7-18(17-11-12-20(29-4)21(13-17)30-5)23-24-22(26)14-25(31(6,27)28)19-10-8-9-15(2)16(19)3/h8-13H,7,14H2,1-6H3,(H,24,26)/b23-18-. The molecule has 0 aliphatic heterocycles. The molecule has 0 fully saturated rings. The number of ether oxygens (including phenoxy) is 2. The average molecular weight is 448 g/mol. The molecule has 8 nitrogen and oxygen atoms in total. The van der Waals surface area contributed by atoms with Gasteiger partial charge in [-0.15, -0.1) is 0 Å². The number of anilines is 1. The Hall–Kier alpha value is -3.07. The van der Waals surface area contributed by atoms with E-state index >= 15 is 0 Å². The SMILES string of the molecule is CC/C(=N/NC(=O)CN(c1cccc(C)c1C)S(C)(=O)=O)c1ccc(OC)c(OC)c1. The Morgan fingerprint density at radius 1 is 1.10 bits per heavy atom. The summed E-state index contributed by atoms with van der Waals surface area (Å²) in [6.07, 6.45) is 1.62. The number of benzene rings is 2. The van der Waals surface area contributed by atoms with Crippen molar-refractivity contribution < 1.29 is 22.7 Å². The molecule has 0 bridgehead atoms. The van der Waals surface area contributed by atoms with Gasteiger partial charge in [0, 0.05) is 5.56 Å². The fraction of sp³-hybridized carbons (Fsp3) is 0.364. The number of rotatable bonds is 9. The van der Waals surface area contributed by atoms with E-state index in [0.717, 1.165) is 27.3 Å². The highest BCUT2D eigenvalue weighted by molar-refractivity contribution is 7.92. The summed E-state index contributed by atoms with van der Waals surface area (Å²) < 4.78 is 36.4. The van der Waals surface area contributed by atoms with Crippen molar-refractivity contribution in [3.63, 3.8) is 0 Å². The van der Waals surface area contributed by atoms with E-state index in [9.17, 15) is 13.2 Å². The molecule has 1 amide bonds. The largest absolute Gasteiger partial charge is 0.493 e. The molecule has 31 heavy (non-hydrogen) atoms. The van der Waals surface area contributed by atoms with Crippen LogP contribution in [0.5, 0.6) is 11.5 Å². The van der Waals surface area contributed by atoms with Crippen LogP contribution >= 0.6 is 0 Å². The number of amides is 1. The maximum Gasteiger partial charge on any atom is 0.260 e. The number of sulfonamides is 1. The summed E-state index contributed by atoms with van der Waals surface area (Å²) >= 11 is 0. The summed E-state index contributed by atoms with van der Waals surface area (Å²) in [4.78, 5) is 12.6. The highest BCUT2D eigenvalue weighted by Crippen LogP contribution is 2.28. The lowest BCUT2D eigenvalue weighted by atomic mass is 10.1. The van der Waals surface area contributed by atoms with Gasteiger partial charge in [0.25, 0.3) is 5.91 Å². The van der Waals surface area contributed by atoms with Crippen LogP contribution in [0.25, 0.3) is 0 Å². The molecule has 2 aromatic carbocycles. The molecule has 0 saturated carbocycles. The van der Waals surface area contributed by atoms with Crippen molar-refractivity contribution in [2.75, 3.05) is 31.3 Å². The molecule has 0 spiro atoms. The van der Waals surface area contributed by atoms with Crippen LogP contribution in [0.4, 0.5) is 5.69 Å². The van der Waals surface area contributed by atoms with E-state index in [-0.39, 0.29) is 6.54 Å². The van der Waals surface area contributed by atoms with Crippen LogP contribution in [-0.2, 0) is 14.8 Å². The average Bonchev–Trinajstić information content (AvgIpc) is 2.73. The molecule has 0 aromatic heterocycles. The first kappa shape index (κ1) is 24.2. The van der Waals surface area contributed by atoms with Gasteiger partial charge in [0.05, 0.1) is 31.9 Å². The molecular weight excluding hydrogens is 418 g/mol. The Labute approximate surface area is 183 Å². The predicted octanol–water partition coefficient (Wildman–Crippen LogP) is 3.02. The molecule has 0 aliphatic rings. The number of carbonyl (C=O) groups excluding carboxylic acids is 1. The topological polar surface area (TPSA) is 97.3 Å². The number of hydrogen-bond donors (Lipinski definition) is 1. The maximum atomic E-state index is 12.6. The lowest BCUT2D eigenvalue weighted by Gasteiger charge is -2.24. The minimum atomic E-state index is -3.67. The van der Waals surface area contributed by atoms with Gasteiger partial charge < -0.3 is 9.47 Å². The van der Waals surface area contributed by atoms with Crippen molar-refractivity contribution in [1.29, 1.82) is 0 Å². The van der Waals surface area contributed by atoms with Gasteiger partial charge in [-0.2, -0.15) is 5.10 Å². The molecule has 0 saturated heterocycles. The van der Waals surface area contributed by atoms with Crippen LogP contribution in [0.15, 0.2) is 41.5 Å². The zero-order valence-electron chi connectivity index (χ0n) is 18.7. The van der Waals surface area contributed by atoms with Crippen LogP contribution in [0, 0.1) is 13.8 Å². The van der Waals surface area contributed by atoms with Crippen LogP contribution in [0.3, 0.4) is 0 Å². The highest BCUT2D eigenvalue weighted by atomic mass is 32.2. The molecule has 0 aliphatic carbocycles. The van der Waals surface area contributed by atoms with E-state index in [0.29, 0.717) is 29.3 Å². The number of nitrogens with zero attached hydrogens (tertiary/aromatic N) is 2. The minimum absolute atomic E-state index is 0.379. The first-order valence-corrected chi connectivity index (χ1v) is 11.6. The van der Waals surface area contributed by atoms with E-state index in [1.165, 1.54) is 0 Å². The fourth-order valence-electron chi connectivity index (χ4n) is 3.05. The summed E-state index contributed by atoms with van der Waals surface area (Å²) in [5.41, 5.74) is 6.05. The summed E-state index contributed by atoms with van der Waals surface area (Å²) in [6, 6.07) is 10.7. The molecule has 0 radical (unpaired) electrons. The normalized spacial score (nSPS) is 11.7. The van der Waals surface area contributed by atoms with E-state index in [4.69, 9.17) is 9.47 Å². The summed E-state index contributed by atoms with van der Waals surface area (Å²) in [5, 5.41) is 4.21. The Bertz CT molecular complexity index is 1080. The lowest BCUT2D eigenvalue weighted by molar-refractivity contribution is -0.119. The number of nitrogens with one attached hydrogen (secondary N) is 1. The molecule has 1 N–H and O–H groups in total. The van der Waals surface area contributed by atoms with Crippen molar-refractivity contribution in [2.24, 2.45) is 5.10 Å². The van der Waals surface area contributed by atoms with Crippen molar-refractivity contribution in [2.45, 2.75) is 27.2 Å². The van der Waals surface area contributed by atoms with Crippen molar-refractivity contribution in [1.82, 2.24) is 5.43 Å². The number of methoxy groups -OCH3 is 2. The van der Waals surface area contributed by atoms with E-state index in [2.05, 4.69) is 10.5 Å². The van der Waals surface area contributed by atoms with Gasteiger partial charge in [0.1, 0.15) is 6.54 Å². The second kappa shape index (κ2) is 10.3. The third kappa shape index (κ3) is 5.97. The van der Waals surface area contributed by atoms with Gasteiger partial charge in [-0.25, -0.2) is 13.8 Å². The van der Waals surface area contributed by atoms with Crippen molar-refractivity contribution in [3.8, 4) is 11.5 Å². The van der Waals surface area contributed by atoms with Crippen molar-refractivity contribution in [3.05, 3.63) is 53.1 Å². The number of hydrogen-bond acceptors (Lipinski definition) is 6. The van der Waals surface area contributed by atoms with Gasteiger partial charge in [0.2, 0.25) is 10.0 Å². The Morgan fingerprint density at radius 2 is 1.77 bits per heavy atom. The number of hydrazone groups is 1. The lowest BCUT2D eigenvalue weighted by Crippen LogP contribution is -2.39. The zero-order valence-corrected chi connectivity index (χ0v) is 19.5. The monoisotopic (exact) mass is 447 g/mol. The number of aryl methyl sites for hydroxylation is 1. The van der Waals surface area contributed by atoms with E-state index in [1.54, 1.807) is 38.5 Å². The van der Waals surface area contributed by atoms with Crippen molar-refractivity contribution >= 4 is 27.3 Å². The quantitative estimate of drug-likeness (QED) is 0.471. The van der Waals surface area contributed by atoms with Gasteiger partial charge in [-0.1, -0.05) is 19.1 Å². The first-order valence-electron chi connectivity index (χ1n) is 9.74. The summed E-state index contributed by atoms with van der Waals surface area (Å²) in [7, 11) is -0.579. The third-order valence-corrected chi connectivity index (χ3v) is 6.03. The van der Waals surface area contributed by atoms with Gasteiger partial charge >= 0.3 is 0 Å². The molecule has 0 heterocycles. The molecule has 168 valence electrons. The zero-order chi connectivity index (χ0) is 23.2. The maximum absolute atomic E-state index is 12.6. The van der Waals surface area contributed by atoms with Gasteiger partial charge in [-0.3, -0.25) is 9.10 Å². The number of carbonyl (C=O) groups is 1. The molecule has 2 aromatic rings. The smallest absolute Gasteiger partial charge is 0.260 e. The van der Waals surface area contributed by atoms with Gasteiger partial charge in [-0.05, 0) is 55.7 Å². The summed E-state index contributed by atoms with van der Waals surface area (Å²) in [6.45, 7) is 5.24. The Kier molecular flexibility index (Phi) is 8.04. The van der Waals surface area contributed by atoms with Crippen LogP contribution in [-0.4, -0.2) is 47.1 Å². The second-order valence-corrected chi connectivity index (χ2v) is 8.91. The van der Waals surface area contributed by atoms with E-state index < -0.39 is 15.9 Å². The molecule has 2 rings (SSSR count). The summed E-state index contributed by atoms with van der Waals surface area (Å²) in [5.74, 6) is 0.589. The van der Waals surface area contributed by atoms with Crippen LogP contribution in [0.1, 0.15) is 30.0 Å². The molecule has 0 atom stereocenters. The Balaban J connectivity index is 2.26. The highest BCUT2D eigenvalue weighted by Gasteiger charge is 2.23. The first-order chi connectivity index (χ1) is 14.6. The third-order valence-electron chi connectivity index (χ3n) is 4.90. The van der Waals surface area contributed by atoms with Crippen LogP contribution < -0.4 is 19.2 Å². The predicted molar refractivity (Wildman–Crippen MR) is 123 cm³/mol. The van der Waals surface area contributed by atoms with Gasteiger partial charge in [0.15, 0.2) is 11.5 Å². The molecule has 0 unspecified atom stereocenters. The second-order valence-electron chi connectivity index (χ2n) is 7.01.